The summed E-state index contributed by atoms with van der Waals surface area (Å²) in [6.45, 7) is 3.74. The third-order valence-corrected chi connectivity index (χ3v) is 5.71. The van der Waals surface area contributed by atoms with Gasteiger partial charge in [0.25, 0.3) is 6.43 Å². The van der Waals surface area contributed by atoms with Gasteiger partial charge in [0.05, 0.1) is 6.10 Å². The number of amides is 1. The molecule has 168 valence electrons. The zero-order chi connectivity index (χ0) is 22.0. The number of hydrogen-bond donors (Lipinski definition) is 3. The molecule has 1 saturated carbocycles. The molecule has 31 heavy (non-hydrogen) atoms. The summed E-state index contributed by atoms with van der Waals surface area (Å²) in [5.41, 5.74) is 0.977. The summed E-state index contributed by atoms with van der Waals surface area (Å²) in [6.07, 6.45) is 0.0573. The second-order valence-corrected chi connectivity index (χ2v) is 8.34. The van der Waals surface area contributed by atoms with Gasteiger partial charge in [-0.15, -0.1) is 0 Å². The smallest absolute Gasteiger partial charge is 0.407 e. The van der Waals surface area contributed by atoms with Gasteiger partial charge in [0, 0.05) is 35.5 Å². The van der Waals surface area contributed by atoms with Crippen LogP contribution < -0.4 is 15.4 Å². The summed E-state index contributed by atoms with van der Waals surface area (Å²) < 4.78 is 38.1. The number of alkyl carbamates (subject to hydrolysis) is 1. The van der Waals surface area contributed by atoms with E-state index in [1.807, 2.05) is 19.9 Å². The summed E-state index contributed by atoms with van der Waals surface area (Å²) >= 11 is 0. The van der Waals surface area contributed by atoms with Gasteiger partial charge in [-0.25, -0.2) is 18.6 Å². The molecule has 1 aliphatic heterocycles. The van der Waals surface area contributed by atoms with Crippen LogP contribution in [0.25, 0.3) is 0 Å². The van der Waals surface area contributed by atoms with Crippen molar-refractivity contribution in [3.63, 3.8) is 0 Å². The van der Waals surface area contributed by atoms with Gasteiger partial charge >= 0.3 is 6.09 Å². The fourth-order valence-corrected chi connectivity index (χ4v) is 4.07. The molecule has 3 heterocycles. The number of ether oxygens (including phenoxy) is 2. The first-order valence-electron chi connectivity index (χ1n) is 10.6. The van der Waals surface area contributed by atoms with Crippen molar-refractivity contribution in [2.24, 2.45) is 0 Å². The molecule has 6 bridgehead atoms. The van der Waals surface area contributed by atoms with Gasteiger partial charge in [-0.1, -0.05) is 0 Å². The van der Waals surface area contributed by atoms with E-state index in [-0.39, 0.29) is 35.7 Å². The minimum atomic E-state index is -2.72. The molecule has 1 aliphatic carbocycles. The monoisotopic (exact) mass is 435 g/mol. The maximum absolute atomic E-state index is 13.4. The number of anilines is 2. The van der Waals surface area contributed by atoms with Crippen LogP contribution in [0.1, 0.15) is 69.7 Å². The van der Waals surface area contributed by atoms with E-state index < -0.39 is 12.5 Å². The maximum atomic E-state index is 13.4. The third-order valence-electron chi connectivity index (χ3n) is 5.71. The number of H-pyrrole nitrogens is 1. The molecule has 4 atom stereocenters. The number of alkyl halides is 2. The molecule has 2 aliphatic rings. The largest absolute Gasteiger partial charge is 0.475 e. The Bertz CT molecular complexity index is 922. The van der Waals surface area contributed by atoms with Gasteiger partial charge in [0.2, 0.25) is 5.88 Å². The fourth-order valence-electron chi connectivity index (χ4n) is 4.07. The Morgan fingerprint density at radius 1 is 1.10 bits per heavy atom. The molecule has 1 fully saturated rings. The summed E-state index contributed by atoms with van der Waals surface area (Å²) in [4.78, 5) is 16.2. The first-order valence-corrected chi connectivity index (χ1v) is 10.6. The second kappa shape index (κ2) is 9.07. The Balaban J connectivity index is 1.61. The molecular weight excluding hydrogens is 408 g/mol. The lowest BCUT2D eigenvalue weighted by molar-refractivity contribution is 0.0963. The number of carbonyl (C=O) groups excluding carboxylic acids is 1. The van der Waals surface area contributed by atoms with Crippen LogP contribution in [0.2, 0.25) is 0 Å². The van der Waals surface area contributed by atoms with Crippen LogP contribution in [0.15, 0.2) is 18.2 Å². The van der Waals surface area contributed by atoms with E-state index in [1.165, 1.54) is 6.07 Å². The number of carbonyl (C=O) groups is 1. The number of fused-ring (bicyclic) bond motifs is 7. The number of aromatic nitrogens is 3. The van der Waals surface area contributed by atoms with Crippen molar-refractivity contribution in [2.75, 3.05) is 5.32 Å². The van der Waals surface area contributed by atoms with Gasteiger partial charge in [0.15, 0.2) is 5.82 Å². The molecule has 4 rings (SSSR count). The summed E-state index contributed by atoms with van der Waals surface area (Å²) in [7, 11) is 0. The quantitative estimate of drug-likeness (QED) is 0.595. The van der Waals surface area contributed by atoms with E-state index in [2.05, 4.69) is 25.8 Å². The van der Waals surface area contributed by atoms with Crippen molar-refractivity contribution < 1.29 is 23.0 Å². The van der Waals surface area contributed by atoms with E-state index >= 15 is 0 Å². The van der Waals surface area contributed by atoms with Gasteiger partial charge < -0.3 is 20.1 Å². The molecule has 0 unspecified atom stereocenters. The lowest BCUT2D eigenvalue weighted by atomic mass is 10.0. The molecule has 0 spiro atoms. The average Bonchev–Trinajstić information content (AvgIpc) is 3.35. The van der Waals surface area contributed by atoms with Crippen molar-refractivity contribution in [2.45, 2.75) is 76.5 Å². The fraction of sp³-hybridized carbons (Fsp3) is 0.571. The molecule has 0 saturated heterocycles. The van der Waals surface area contributed by atoms with Crippen molar-refractivity contribution in [1.29, 1.82) is 0 Å². The number of nitrogens with zero attached hydrogens (tertiary/aromatic N) is 2. The first-order chi connectivity index (χ1) is 14.9. The molecule has 2 aromatic heterocycles. The Morgan fingerprint density at radius 3 is 2.74 bits per heavy atom. The second-order valence-electron chi connectivity index (χ2n) is 8.34. The number of rotatable bonds is 1. The Kier molecular flexibility index (Phi) is 6.24. The number of hydrogen-bond acceptors (Lipinski definition) is 6. The molecular formula is C21H27F2N5O3. The number of pyridine rings is 1. The molecule has 1 amide bonds. The van der Waals surface area contributed by atoms with Crippen molar-refractivity contribution in [3.05, 3.63) is 29.6 Å². The highest BCUT2D eigenvalue weighted by Crippen LogP contribution is 2.36. The van der Waals surface area contributed by atoms with E-state index in [9.17, 15) is 13.6 Å². The highest BCUT2D eigenvalue weighted by atomic mass is 19.3. The normalized spacial score (nSPS) is 26.8. The van der Waals surface area contributed by atoms with Gasteiger partial charge in [-0.05, 0) is 52.0 Å². The molecule has 8 nitrogen and oxygen atoms in total. The van der Waals surface area contributed by atoms with Crippen LogP contribution in [0.4, 0.5) is 25.1 Å². The molecule has 0 radical (unpaired) electrons. The van der Waals surface area contributed by atoms with E-state index in [1.54, 1.807) is 6.07 Å². The van der Waals surface area contributed by atoms with Gasteiger partial charge in [-0.2, -0.15) is 5.10 Å². The van der Waals surface area contributed by atoms with E-state index in [4.69, 9.17) is 9.47 Å². The van der Waals surface area contributed by atoms with Gasteiger partial charge in [-0.3, -0.25) is 5.10 Å². The number of halogens is 2. The standard InChI is InChI=1S/C21H27F2N5O3/c1-11-3-4-12(2)30-19-9-14(8-17(26-19)20(22)23)25-18-10-16(27-28-18)13-5-6-15(7-13)31-21(29)24-11/h8-13,15,20H,3-7H2,1-2H3,(H,24,29)(H2,25,27,28)/t11-,12-,13+,15-/m1/s1. The predicted octanol–water partition coefficient (Wildman–Crippen LogP) is 4.80. The van der Waals surface area contributed by atoms with E-state index in [0.29, 0.717) is 30.8 Å². The Morgan fingerprint density at radius 2 is 1.94 bits per heavy atom. The topological polar surface area (TPSA) is 101 Å². The highest BCUT2D eigenvalue weighted by Gasteiger charge is 2.30. The van der Waals surface area contributed by atoms with Crippen LogP contribution in [0.3, 0.4) is 0 Å². The zero-order valence-electron chi connectivity index (χ0n) is 17.5. The van der Waals surface area contributed by atoms with Crippen LogP contribution in [-0.2, 0) is 4.74 Å². The molecule has 2 aromatic rings. The number of nitrogens with one attached hydrogen (secondary N) is 3. The summed E-state index contributed by atoms with van der Waals surface area (Å²) in [5, 5.41) is 13.2. The molecule has 0 aromatic carbocycles. The average molecular weight is 435 g/mol. The molecule has 10 heteroatoms. The van der Waals surface area contributed by atoms with Crippen molar-refractivity contribution >= 4 is 17.6 Å². The lowest BCUT2D eigenvalue weighted by Crippen LogP contribution is -2.35. The lowest BCUT2D eigenvalue weighted by Gasteiger charge is -2.20. The van der Waals surface area contributed by atoms with Crippen LogP contribution in [0, 0.1) is 0 Å². The van der Waals surface area contributed by atoms with E-state index in [0.717, 1.165) is 18.5 Å². The maximum Gasteiger partial charge on any atom is 0.407 e. The minimum absolute atomic E-state index is 0.109. The number of aromatic amines is 1. The van der Waals surface area contributed by atoms with Crippen molar-refractivity contribution in [1.82, 2.24) is 20.5 Å². The summed E-state index contributed by atoms with van der Waals surface area (Å²) in [5.74, 6) is 0.812. The van der Waals surface area contributed by atoms with Crippen LogP contribution in [0.5, 0.6) is 5.88 Å². The minimum Gasteiger partial charge on any atom is -0.475 e. The predicted molar refractivity (Wildman–Crippen MR) is 110 cm³/mol. The van der Waals surface area contributed by atoms with Gasteiger partial charge in [0.1, 0.15) is 11.8 Å². The molecule has 3 N–H and O–H groups in total. The zero-order valence-corrected chi connectivity index (χ0v) is 17.5. The highest BCUT2D eigenvalue weighted by molar-refractivity contribution is 5.67. The summed E-state index contributed by atoms with van der Waals surface area (Å²) in [6, 6.07) is 4.63. The SMILES string of the molecule is C[C@@H]1CC[C@@H](C)Oc2cc(cc(C(F)F)n2)Nc2cc([nH]n2)[C@H]2CC[C@H](C2)OC(=O)N1. The van der Waals surface area contributed by atoms with Crippen LogP contribution in [-0.4, -0.2) is 39.5 Å². The Labute approximate surface area is 179 Å². The first kappa shape index (κ1) is 21.3. The van der Waals surface area contributed by atoms with Crippen LogP contribution >= 0.6 is 0 Å². The Hall–Kier alpha value is -2.91. The third kappa shape index (κ3) is 5.42. The van der Waals surface area contributed by atoms with Crippen molar-refractivity contribution in [3.8, 4) is 5.88 Å².